The number of hydrogen-bond donors (Lipinski definition) is 2. The van der Waals surface area contributed by atoms with Crippen LogP contribution in [0.15, 0.2) is 18.3 Å². The summed E-state index contributed by atoms with van der Waals surface area (Å²) in [6.07, 6.45) is 4.35. The number of aromatic nitrogens is 2. The van der Waals surface area contributed by atoms with Crippen LogP contribution < -0.4 is 10.6 Å². The normalized spacial score (nSPS) is 14.7. The van der Waals surface area contributed by atoms with Gasteiger partial charge in [-0.3, -0.25) is 4.79 Å². The quantitative estimate of drug-likeness (QED) is 0.738. The van der Waals surface area contributed by atoms with Gasteiger partial charge in [0.2, 0.25) is 5.91 Å². The van der Waals surface area contributed by atoms with E-state index in [0.29, 0.717) is 24.8 Å². The van der Waals surface area contributed by atoms with Gasteiger partial charge in [0.15, 0.2) is 0 Å². The number of carbonyl (C=O) groups excluding carboxylic acids is 1. The Kier molecular flexibility index (Phi) is 3.11. The van der Waals surface area contributed by atoms with Crippen molar-refractivity contribution >= 4 is 11.7 Å². The number of amides is 1. The molecule has 1 aromatic rings. The van der Waals surface area contributed by atoms with E-state index in [0.717, 1.165) is 12.8 Å². The predicted octanol–water partition coefficient (Wildman–Crippen LogP) is 0.557. The van der Waals surface area contributed by atoms with E-state index in [2.05, 4.69) is 20.8 Å². The van der Waals surface area contributed by atoms with Crippen LogP contribution in [0.4, 0.5) is 5.82 Å². The van der Waals surface area contributed by atoms with E-state index in [4.69, 9.17) is 0 Å². The second kappa shape index (κ2) is 4.72. The molecule has 1 aromatic heterocycles. The maximum Gasteiger partial charge on any atom is 0.221 e. The summed E-state index contributed by atoms with van der Waals surface area (Å²) in [7, 11) is 0. The Balaban J connectivity index is 1.63. The molecule has 0 unspecified atom stereocenters. The lowest BCUT2D eigenvalue weighted by molar-refractivity contribution is -0.120. The summed E-state index contributed by atoms with van der Waals surface area (Å²) in [6.45, 7) is 0.594. The van der Waals surface area contributed by atoms with Crippen molar-refractivity contribution in [3.8, 4) is 0 Å². The van der Waals surface area contributed by atoms with Crippen LogP contribution in [0, 0.1) is 0 Å². The molecule has 2 rings (SSSR count). The molecule has 80 valence electrons. The minimum absolute atomic E-state index is 0.105. The highest BCUT2D eigenvalue weighted by molar-refractivity contribution is 5.77. The largest absolute Gasteiger partial charge is 0.368 e. The number of hydrogen-bond acceptors (Lipinski definition) is 4. The molecule has 0 saturated heterocycles. The lowest BCUT2D eigenvalue weighted by atomic mass is 10.4. The molecule has 0 bridgehead atoms. The van der Waals surface area contributed by atoms with Crippen molar-refractivity contribution in [3.05, 3.63) is 18.3 Å². The van der Waals surface area contributed by atoms with E-state index in [9.17, 15) is 4.79 Å². The average Bonchev–Trinajstić information content (AvgIpc) is 3.03. The van der Waals surface area contributed by atoms with E-state index in [1.165, 1.54) is 0 Å². The van der Waals surface area contributed by atoms with Gasteiger partial charge in [-0.05, 0) is 25.0 Å². The van der Waals surface area contributed by atoms with Crippen LogP contribution >= 0.6 is 0 Å². The fourth-order valence-corrected chi connectivity index (χ4v) is 1.23. The molecule has 0 spiro atoms. The van der Waals surface area contributed by atoms with Crippen molar-refractivity contribution in [3.63, 3.8) is 0 Å². The lowest BCUT2D eigenvalue weighted by Gasteiger charge is -2.04. The average molecular weight is 206 g/mol. The zero-order chi connectivity index (χ0) is 10.5. The first-order valence-electron chi connectivity index (χ1n) is 5.15. The SMILES string of the molecule is O=C(CCNc1cccnn1)NC1CC1. The highest BCUT2D eigenvalue weighted by Crippen LogP contribution is 2.18. The summed E-state index contributed by atoms with van der Waals surface area (Å²) < 4.78 is 0. The fourth-order valence-electron chi connectivity index (χ4n) is 1.23. The third-order valence-corrected chi connectivity index (χ3v) is 2.17. The van der Waals surface area contributed by atoms with Crippen molar-refractivity contribution in [1.29, 1.82) is 0 Å². The third-order valence-electron chi connectivity index (χ3n) is 2.17. The van der Waals surface area contributed by atoms with Gasteiger partial charge in [-0.15, -0.1) is 5.10 Å². The van der Waals surface area contributed by atoms with Crippen LogP contribution in [0.2, 0.25) is 0 Å². The first kappa shape index (κ1) is 9.89. The van der Waals surface area contributed by atoms with Crippen molar-refractivity contribution in [2.24, 2.45) is 0 Å². The van der Waals surface area contributed by atoms with Gasteiger partial charge in [0.05, 0.1) is 0 Å². The number of rotatable bonds is 5. The molecule has 1 aliphatic rings. The summed E-state index contributed by atoms with van der Waals surface area (Å²) in [5, 5.41) is 13.5. The van der Waals surface area contributed by atoms with Crippen molar-refractivity contribution < 1.29 is 4.79 Å². The number of anilines is 1. The van der Waals surface area contributed by atoms with E-state index in [1.807, 2.05) is 6.07 Å². The first-order valence-corrected chi connectivity index (χ1v) is 5.15. The minimum atomic E-state index is 0.105. The standard InChI is InChI=1S/C10H14N4O/c15-10(13-8-3-4-8)5-7-11-9-2-1-6-12-14-9/h1-2,6,8H,3-5,7H2,(H,11,14)(H,13,15). The highest BCUT2D eigenvalue weighted by Gasteiger charge is 2.22. The van der Waals surface area contributed by atoms with Crippen LogP contribution in [0.25, 0.3) is 0 Å². The van der Waals surface area contributed by atoms with Gasteiger partial charge < -0.3 is 10.6 Å². The Hall–Kier alpha value is -1.65. The first-order chi connectivity index (χ1) is 7.34. The molecule has 15 heavy (non-hydrogen) atoms. The van der Waals surface area contributed by atoms with Crippen LogP contribution in [0.1, 0.15) is 19.3 Å². The van der Waals surface area contributed by atoms with Crippen molar-refractivity contribution in [1.82, 2.24) is 15.5 Å². The van der Waals surface area contributed by atoms with E-state index >= 15 is 0 Å². The molecule has 0 aromatic carbocycles. The Labute approximate surface area is 88.3 Å². The molecule has 2 N–H and O–H groups in total. The fraction of sp³-hybridized carbons (Fsp3) is 0.500. The molecule has 1 aliphatic carbocycles. The molecule has 0 aliphatic heterocycles. The van der Waals surface area contributed by atoms with Gasteiger partial charge in [-0.1, -0.05) is 0 Å². The zero-order valence-electron chi connectivity index (χ0n) is 8.44. The van der Waals surface area contributed by atoms with E-state index < -0.39 is 0 Å². The molecular formula is C10H14N4O. The smallest absolute Gasteiger partial charge is 0.221 e. The zero-order valence-corrected chi connectivity index (χ0v) is 8.44. The van der Waals surface area contributed by atoms with Gasteiger partial charge in [0.25, 0.3) is 0 Å². The maximum atomic E-state index is 11.3. The van der Waals surface area contributed by atoms with Gasteiger partial charge >= 0.3 is 0 Å². The highest BCUT2D eigenvalue weighted by atomic mass is 16.1. The van der Waals surface area contributed by atoms with Gasteiger partial charge in [0.1, 0.15) is 5.82 Å². The second-order valence-corrected chi connectivity index (χ2v) is 3.63. The molecule has 0 radical (unpaired) electrons. The minimum Gasteiger partial charge on any atom is -0.368 e. The van der Waals surface area contributed by atoms with Crippen LogP contribution in [0.3, 0.4) is 0 Å². The Bertz CT molecular complexity index is 323. The summed E-state index contributed by atoms with van der Waals surface area (Å²) in [5.41, 5.74) is 0. The van der Waals surface area contributed by atoms with Crippen molar-refractivity contribution in [2.45, 2.75) is 25.3 Å². The van der Waals surface area contributed by atoms with Gasteiger partial charge in [0, 0.05) is 25.2 Å². The molecule has 0 atom stereocenters. The monoisotopic (exact) mass is 206 g/mol. The molecular weight excluding hydrogens is 192 g/mol. The van der Waals surface area contributed by atoms with Crippen LogP contribution in [0.5, 0.6) is 0 Å². The van der Waals surface area contributed by atoms with E-state index in [-0.39, 0.29) is 5.91 Å². The number of nitrogens with zero attached hydrogens (tertiary/aromatic N) is 2. The van der Waals surface area contributed by atoms with Crippen LogP contribution in [-0.4, -0.2) is 28.7 Å². The second-order valence-electron chi connectivity index (χ2n) is 3.63. The Morgan fingerprint density at radius 2 is 2.40 bits per heavy atom. The predicted molar refractivity (Wildman–Crippen MR) is 56.3 cm³/mol. The van der Waals surface area contributed by atoms with Gasteiger partial charge in [-0.25, -0.2) is 0 Å². The molecule has 5 heteroatoms. The van der Waals surface area contributed by atoms with Crippen molar-refractivity contribution in [2.75, 3.05) is 11.9 Å². The maximum absolute atomic E-state index is 11.3. The van der Waals surface area contributed by atoms with E-state index in [1.54, 1.807) is 12.3 Å². The molecule has 5 nitrogen and oxygen atoms in total. The number of carbonyl (C=O) groups is 1. The molecule has 1 heterocycles. The lowest BCUT2D eigenvalue weighted by Crippen LogP contribution is -2.27. The van der Waals surface area contributed by atoms with Gasteiger partial charge in [-0.2, -0.15) is 5.10 Å². The molecule has 1 amide bonds. The summed E-state index contributed by atoms with van der Waals surface area (Å²) in [4.78, 5) is 11.3. The third kappa shape index (κ3) is 3.53. The Morgan fingerprint density at radius 3 is 3.07 bits per heavy atom. The summed E-state index contributed by atoms with van der Waals surface area (Å²) >= 11 is 0. The Morgan fingerprint density at radius 1 is 1.53 bits per heavy atom. The summed E-state index contributed by atoms with van der Waals surface area (Å²) in [6, 6.07) is 4.07. The summed E-state index contributed by atoms with van der Waals surface area (Å²) in [5.74, 6) is 0.811. The topological polar surface area (TPSA) is 66.9 Å². The number of nitrogens with one attached hydrogen (secondary N) is 2. The molecule has 1 fully saturated rings. The molecule has 1 saturated carbocycles. The van der Waals surface area contributed by atoms with Crippen LogP contribution in [-0.2, 0) is 4.79 Å².